The molecule has 0 radical (unpaired) electrons. The molecule has 30 heavy (non-hydrogen) atoms. The summed E-state index contributed by atoms with van der Waals surface area (Å²) >= 11 is 0. The van der Waals surface area contributed by atoms with Crippen LogP contribution in [0.25, 0.3) is 28.3 Å². The molecular weight excluding hydrogens is 394 g/mol. The highest BCUT2D eigenvalue weighted by Gasteiger charge is 2.18. The van der Waals surface area contributed by atoms with Crippen LogP contribution >= 0.6 is 0 Å². The highest BCUT2D eigenvalue weighted by molar-refractivity contribution is 5.76. The lowest BCUT2D eigenvalue weighted by Gasteiger charge is -2.04. The third kappa shape index (κ3) is 3.04. The number of aromatic nitrogens is 7. The SMILES string of the molecule is Cc1c(-c2ncco2)nc(N)n2nc(Cc3ccc4c(c3)ncn4CC(F)F)nc12. The van der Waals surface area contributed by atoms with Crippen LogP contribution in [0.15, 0.2) is 41.4 Å². The van der Waals surface area contributed by atoms with E-state index >= 15 is 0 Å². The number of rotatable bonds is 5. The van der Waals surface area contributed by atoms with Gasteiger partial charge in [0, 0.05) is 12.0 Å². The Labute approximate surface area is 168 Å². The number of halogens is 2. The standard InChI is InChI=1S/C19H16F2N8O/c1-10-16(18-23-4-5-30-18)26-19(22)29-17(10)25-15(27-29)7-11-2-3-13-12(6-11)24-9-28(13)8-14(20)21/h2-6,9,14H,7-8H2,1H3,(H2,22,26). The number of anilines is 1. The second kappa shape index (κ2) is 6.87. The van der Waals surface area contributed by atoms with E-state index in [1.807, 2.05) is 19.1 Å². The lowest BCUT2D eigenvalue weighted by Crippen LogP contribution is -2.05. The summed E-state index contributed by atoms with van der Waals surface area (Å²) in [5.74, 6) is 1.07. The number of nitrogen functional groups attached to an aromatic ring is 1. The Kier molecular flexibility index (Phi) is 4.16. The summed E-state index contributed by atoms with van der Waals surface area (Å²) in [6.07, 6.45) is 2.40. The molecule has 0 aliphatic carbocycles. The predicted molar refractivity (Wildman–Crippen MR) is 104 cm³/mol. The molecule has 0 saturated heterocycles. The monoisotopic (exact) mass is 410 g/mol. The van der Waals surface area contributed by atoms with Crippen molar-refractivity contribution in [2.24, 2.45) is 0 Å². The topological polar surface area (TPSA) is 113 Å². The second-order valence-corrected chi connectivity index (χ2v) is 6.83. The van der Waals surface area contributed by atoms with Crippen LogP contribution in [-0.2, 0) is 13.0 Å². The zero-order valence-electron chi connectivity index (χ0n) is 15.8. The van der Waals surface area contributed by atoms with Crippen molar-refractivity contribution in [2.75, 3.05) is 5.73 Å². The Morgan fingerprint density at radius 3 is 2.83 bits per heavy atom. The number of nitrogens with zero attached hydrogens (tertiary/aromatic N) is 7. The number of alkyl halides is 2. The maximum Gasteiger partial charge on any atom is 0.256 e. The van der Waals surface area contributed by atoms with Gasteiger partial charge in [-0.2, -0.15) is 4.52 Å². The van der Waals surface area contributed by atoms with Gasteiger partial charge in [0.2, 0.25) is 11.8 Å². The summed E-state index contributed by atoms with van der Waals surface area (Å²) in [7, 11) is 0. The molecule has 5 aromatic rings. The summed E-state index contributed by atoms with van der Waals surface area (Å²) in [4.78, 5) is 17.3. The smallest absolute Gasteiger partial charge is 0.256 e. The molecule has 0 atom stereocenters. The van der Waals surface area contributed by atoms with E-state index in [-0.39, 0.29) is 12.5 Å². The number of hydrogen-bond donors (Lipinski definition) is 1. The normalized spacial score (nSPS) is 11.9. The van der Waals surface area contributed by atoms with Crippen molar-refractivity contribution in [3.63, 3.8) is 0 Å². The van der Waals surface area contributed by atoms with Crippen molar-refractivity contribution in [3.8, 4) is 11.6 Å². The van der Waals surface area contributed by atoms with Gasteiger partial charge >= 0.3 is 0 Å². The van der Waals surface area contributed by atoms with Crippen LogP contribution in [0, 0.1) is 6.92 Å². The van der Waals surface area contributed by atoms with Crippen molar-refractivity contribution in [2.45, 2.75) is 26.3 Å². The number of benzene rings is 1. The van der Waals surface area contributed by atoms with E-state index in [2.05, 4.69) is 25.0 Å². The van der Waals surface area contributed by atoms with E-state index in [1.165, 1.54) is 27.9 Å². The number of fused-ring (bicyclic) bond motifs is 2. The molecule has 9 nitrogen and oxygen atoms in total. The largest absolute Gasteiger partial charge is 0.443 e. The summed E-state index contributed by atoms with van der Waals surface area (Å²) in [6.45, 7) is 1.46. The van der Waals surface area contributed by atoms with Crippen LogP contribution in [-0.4, -0.2) is 40.5 Å². The van der Waals surface area contributed by atoms with Crippen LogP contribution in [0.5, 0.6) is 0 Å². The number of aryl methyl sites for hydroxylation is 1. The first kappa shape index (κ1) is 18.2. The minimum Gasteiger partial charge on any atom is -0.443 e. The highest BCUT2D eigenvalue weighted by Crippen LogP contribution is 2.25. The van der Waals surface area contributed by atoms with Crippen molar-refractivity contribution < 1.29 is 13.2 Å². The lowest BCUT2D eigenvalue weighted by molar-refractivity contribution is 0.128. The van der Waals surface area contributed by atoms with Gasteiger partial charge in [-0.3, -0.25) is 0 Å². The van der Waals surface area contributed by atoms with Gasteiger partial charge in [0.25, 0.3) is 6.43 Å². The minimum absolute atomic E-state index is 0.170. The molecule has 0 fully saturated rings. The molecule has 152 valence electrons. The molecule has 0 bridgehead atoms. The molecular formula is C19H16F2N8O. The molecule has 2 N–H and O–H groups in total. The Balaban J connectivity index is 1.50. The van der Waals surface area contributed by atoms with Gasteiger partial charge in [0.15, 0.2) is 11.5 Å². The molecule has 0 unspecified atom stereocenters. The molecule has 1 aromatic carbocycles. The van der Waals surface area contributed by atoms with Gasteiger partial charge in [-0.1, -0.05) is 6.07 Å². The molecule has 11 heteroatoms. The average Bonchev–Trinajstić information content (AvgIpc) is 3.45. The van der Waals surface area contributed by atoms with Gasteiger partial charge in [0.05, 0.1) is 30.1 Å². The third-order valence-corrected chi connectivity index (χ3v) is 4.80. The third-order valence-electron chi connectivity index (χ3n) is 4.80. The fourth-order valence-corrected chi connectivity index (χ4v) is 3.43. The van der Waals surface area contributed by atoms with Gasteiger partial charge in [0.1, 0.15) is 12.0 Å². The predicted octanol–water partition coefficient (Wildman–Crippen LogP) is 2.88. The van der Waals surface area contributed by atoms with E-state index in [1.54, 1.807) is 6.07 Å². The first-order chi connectivity index (χ1) is 14.5. The Morgan fingerprint density at radius 1 is 1.20 bits per heavy atom. The average molecular weight is 410 g/mol. The van der Waals surface area contributed by atoms with Crippen molar-refractivity contribution in [1.29, 1.82) is 0 Å². The molecule has 0 amide bonds. The van der Waals surface area contributed by atoms with E-state index in [0.717, 1.165) is 11.1 Å². The van der Waals surface area contributed by atoms with E-state index in [0.29, 0.717) is 40.5 Å². The van der Waals surface area contributed by atoms with Crippen LogP contribution < -0.4 is 5.73 Å². The van der Waals surface area contributed by atoms with Crippen LogP contribution in [0.3, 0.4) is 0 Å². The number of imidazole rings is 1. The van der Waals surface area contributed by atoms with E-state index < -0.39 is 6.43 Å². The van der Waals surface area contributed by atoms with Crippen molar-refractivity contribution in [3.05, 3.63) is 53.9 Å². The Hall–Kier alpha value is -3.89. The van der Waals surface area contributed by atoms with Crippen LogP contribution in [0.1, 0.15) is 17.0 Å². The zero-order valence-corrected chi connectivity index (χ0v) is 15.8. The maximum atomic E-state index is 12.7. The second-order valence-electron chi connectivity index (χ2n) is 6.83. The summed E-state index contributed by atoms with van der Waals surface area (Å²) in [5.41, 5.74) is 10.1. The molecule has 0 saturated carbocycles. The first-order valence-electron chi connectivity index (χ1n) is 9.13. The number of hydrogen-bond acceptors (Lipinski definition) is 7. The van der Waals surface area contributed by atoms with Crippen molar-refractivity contribution in [1.82, 2.24) is 34.1 Å². The van der Waals surface area contributed by atoms with E-state index in [9.17, 15) is 8.78 Å². The summed E-state index contributed by atoms with van der Waals surface area (Å²) in [5, 5.41) is 4.46. The molecule has 0 aliphatic heterocycles. The fourth-order valence-electron chi connectivity index (χ4n) is 3.43. The number of oxazole rings is 1. The number of nitrogens with two attached hydrogens (primary N) is 1. The summed E-state index contributed by atoms with van der Waals surface area (Å²) < 4.78 is 33.6. The van der Waals surface area contributed by atoms with Gasteiger partial charge < -0.3 is 14.7 Å². The maximum absolute atomic E-state index is 12.7. The summed E-state index contributed by atoms with van der Waals surface area (Å²) in [6, 6.07) is 5.47. The molecule has 4 heterocycles. The first-order valence-corrected chi connectivity index (χ1v) is 9.13. The molecule has 0 aliphatic rings. The van der Waals surface area contributed by atoms with E-state index in [4.69, 9.17) is 10.2 Å². The molecule has 4 aromatic heterocycles. The van der Waals surface area contributed by atoms with Gasteiger partial charge in [-0.05, 0) is 24.6 Å². The van der Waals surface area contributed by atoms with Crippen LogP contribution in [0.4, 0.5) is 14.7 Å². The van der Waals surface area contributed by atoms with Gasteiger partial charge in [-0.25, -0.2) is 28.7 Å². The minimum atomic E-state index is -2.44. The quantitative estimate of drug-likeness (QED) is 0.474. The Bertz CT molecular complexity index is 1360. The lowest BCUT2D eigenvalue weighted by atomic mass is 10.1. The Morgan fingerprint density at radius 2 is 2.07 bits per heavy atom. The fraction of sp³-hybridized carbons (Fsp3) is 0.211. The highest BCUT2D eigenvalue weighted by atomic mass is 19.3. The molecule has 5 rings (SSSR count). The van der Waals surface area contributed by atoms with Crippen LogP contribution in [0.2, 0.25) is 0 Å². The zero-order chi connectivity index (χ0) is 20.8. The molecule has 0 spiro atoms. The van der Waals surface area contributed by atoms with Gasteiger partial charge in [-0.15, -0.1) is 5.10 Å². The van der Waals surface area contributed by atoms with Crippen molar-refractivity contribution >= 4 is 22.6 Å².